The van der Waals surface area contributed by atoms with Crippen molar-refractivity contribution < 1.29 is 9.53 Å². The highest BCUT2D eigenvalue weighted by molar-refractivity contribution is 5.70. The summed E-state index contributed by atoms with van der Waals surface area (Å²) in [5.41, 5.74) is 8.44. The van der Waals surface area contributed by atoms with Crippen molar-refractivity contribution in [1.82, 2.24) is 24.7 Å². The van der Waals surface area contributed by atoms with Gasteiger partial charge in [0.25, 0.3) is 0 Å². The molecule has 1 fully saturated rings. The first kappa shape index (κ1) is 14.4. The molecule has 1 aliphatic carbocycles. The highest BCUT2D eigenvalue weighted by atomic mass is 16.6. The number of pyridine rings is 1. The Morgan fingerprint density at radius 2 is 2.21 bits per heavy atom. The molecule has 122 valence electrons. The molecule has 0 atom stereocenters. The number of hydrogen-bond acceptors (Lipinski definition) is 6. The molecule has 3 N–H and O–H groups in total. The molecule has 3 aromatic heterocycles. The van der Waals surface area contributed by atoms with E-state index in [2.05, 4.69) is 32.5 Å². The topological polar surface area (TPSA) is 107 Å². The molecule has 24 heavy (non-hydrogen) atoms. The van der Waals surface area contributed by atoms with Crippen molar-refractivity contribution in [2.75, 3.05) is 5.73 Å². The smallest absolute Gasteiger partial charge is 0.391 e. The Morgan fingerprint density at radius 1 is 1.33 bits per heavy atom. The van der Waals surface area contributed by atoms with Gasteiger partial charge in [-0.2, -0.15) is 0 Å². The van der Waals surface area contributed by atoms with Gasteiger partial charge in [0.2, 0.25) is 5.88 Å². The molecule has 1 aliphatic rings. The number of nitrogens with two attached hydrogens (primary N) is 1. The molecule has 0 bridgehead atoms. The zero-order chi connectivity index (χ0) is 16.5. The van der Waals surface area contributed by atoms with Crippen LogP contribution in [0.1, 0.15) is 30.0 Å². The maximum Gasteiger partial charge on any atom is 0.414 e. The van der Waals surface area contributed by atoms with Gasteiger partial charge >= 0.3 is 6.09 Å². The minimum Gasteiger partial charge on any atom is -0.391 e. The predicted octanol–water partition coefficient (Wildman–Crippen LogP) is 1.87. The van der Waals surface area contributed by atoms with E-state index in [0.29, 0.717) is 5.92 Å². The lowest BCUT2D eigenvalue weighted by Crippen LogP contribution is -2.26. The van der Waals surface area contributed by atoms with Crippen molar-refractivity contribution in [3.05, 3.63) is 48.2 Å². The number of nitrogens with zero attached hydrogens (tertiary/aromatic N) is 4. The van der Waals surface area contributed by atoms with Gasteiger partial charge in [0.1, 0.15) is 17.8 Å². The summed E-state index contributed by atoms with van der Waals surface area (Å²) in [7, 11) is 0. The molecule has 0 unspecified atom stereocenters. The van der Waals surface area contributed by atoms with Gasteiger partial charge < -0.3 is 20.2 Å². The normalized spacial score (nSPS) is 13.8. The van der Waals surface area contributed by atoms with Crippen LogP contribution in [0.5, 0.6) is 5.88 Å². The summed E-state index contributed by atoms with van der Waals surface area (Å²) < 4.78 is 7.02. The maximum atomic E-state index is 11.8. The average Bonchev–Trinajstić information content (AvgIpc) is 3.32. The molecule has 1 amide bonds. The number of anilines is 1. The lowest BCUT2D eigenvalue weighted by atomic mass is 10.2. The minimum absolute atomic E-state index is 0.101. The second kappa shape index (κ2) is 5.80. The fourth-order valence-corrected chi connectivity index (χ4v) is 2.51. The molecule has 3 aromatic rings. The van der Waals surface area contributed by atoms with Crippen molar-refractivity contribution in [2.45, 2.75) is 25.3 Å². The number of hydrogen-bond donors (Lipinski definition) is 2. The summed E-state index contributed by atoms with van der Waals surface area (Å²) in [4.78, 5) is 23.8. The van der Waals surface area contributed by atoms with Crippen LogP contribution in [0.15, 0.2) is 36.9 Å². The van der Waals surface area contributed by atoms with Gasteiger partial charge in [-0.3, -0.25) is 0 Å². The van der Waals surface area contributed by atoms with Crippen molar-refractivity contribution in [2.24, 2.45) is 0 Å². The van der Waals surface area contributed by atoms with Crippen LogP contribution in [0, 0.1) is 0 Å². The van der Waals surface area contributed by atoms with E-state index in [-0.39, 0.29) is 18.2 Å². The third-order valence-corrected chi connectivity index (χ3v) is 3.85. The Labute approximate surface area is 137 Å². The molecule has 0 radical (unpaired) electrons. The van der Waals surface area contributed by atoms with Crippen LogP contribution in [0.4, 0.5) is 10.6 Å². The number of carbonyl (C=O) groups is 1. The fourth-order valence-electron chi connectivity index (χ4n) is 2.51. The number of carbonyl (C=O) groups excluding carboxylic acids is 1. The number of nitrogens with one attached hydrogen (secondary N) is 1. The van der Waals surface area contributed by atoms with Crippen LogP contribution in [0.3, 0.4) is 0 Å². The SMILES string of the molecule is Nc1cc(OC(=O)NCc2cn3cc(C4CC4)ccc3n2)ncn1. The zero-order valence-corrected chi connectivity index (χ0v) is 12.8. The van der Waals surface area contributed by atoms with Crippen LogP contribution in [0.2, 0.25) is 0 Å². The average molecular weight is 324 g/mol. The lowest BCUT2D eigenvalue weighted by molar-refractivity contribution is 0.198. The number of nitrogen functional groups attached to an aromatic ring is 1. The summed E-state index contributed by atoms with van der Waals surface area (Å²) in [6.45, 7) is 0.264. The quantitative estimate of drug-likeness (QED) is 0.758. The molecule has 0 saturated heterocycles. The van der Waals surface area contributed by atoms with E-state index in [0.717, 1.165) is 11.3 Å². The van der Waals surface area contributed by atoms with E-state index in [1.54, 1.807) is 0 Å². The van der Waals surface area contributed by atoms with Crippen molar-refractivity contribution in [3.63, 3.8) is 0 Å². The summed E-state index contributed by atoms with van der Waals surface area (Å²) in [5, 5.41) is 2.64. The molecule has 0 spiro atoms. The monoisotopic (exact) mass is 324 g/mol. The Kier molecular flexibility index (Phi) is 3.49. The molecule has 4 rings (SSSR count). The molecule has 8 heteroatoms. The highest BCUT2D eigenvalue weighted by Gasteiger charge is 2.23. The van der Waals surface area contributed by atoms with E-state index < -0.39 is 6.09 Å². The largest absolute Gasteiger partial charge is 0.414 e. The number of imidazole rings is 1. The number of aromatic nitrogens is 4. The van der Waals surface area contributed by atoms with Crippen LogP contribution in [-0.2, 0) is 6.54 Å². The first-order valence-corrected chi connectivity index (χ1v) is 7.68. The molecular weight excluding hydrogens is 308 g/mol. The molecule has 0 aliphatic heterocycles. The van der Waals surface area contributed by atoms with Crippen molar-refractivity contribution in [3.8, 4) is 5.88 Å². The van der Waals surface area contributed by atoms with Gasteiger partial charge in [0.05, 0.1) is 12.2 Å². The summed E-state index contributed by atoms with van der Waals surface area (Å²) in [5.74, 6) is 1.03. The third kappa shape index (κ3) is 3.12. The molecule has 1 saturated carbocycles. The number of ether oxygens (including phenoxy) is 1. The van der Waals surface area contributed by atoms with E-state index in [1.165, 1.54) is 30.8 Å². The Bertz CT molecular complexity index is 902. The van der Waals surface area contributed by atoms with Gasteiger partial charge in [-0.1, -0.05) is 6.07 Å². The van der Waals surface area contributed by atoms with Gasteiger partial charge in [0.15, 0.2) is 0 Å². The second-order valence-corrected chi connectivity index (χ2v) is 5.76. The van der Waals surface area contributed by atoms with Crippen LogP contribution < -0.4 is 15.8 Å². The maximum absolute atomic E-state index is 11.8. The molecular formula is C16H16N6O2. The number of fused-ring (bicyclic) bond motifs is 1. The van der Waals surface area contributed by atoms with E-state index in [1.807, 2.05) is 16.7 Å². The lowest BCUT2D eigenvalue weighted by Gasteiger charge is -2.04. The van der Waals surface area contributed by atoms with Gasteiger partial charge in [-0.15, -0.1) is 0 Å². The number of rotatable bonds is 4. The Balaban J connectivity index is 1.39. The van der Waals surface area contributed by atoms with E-state index in [9.17, 15) is 4.79 Å². The fraction of sp³-hybridized carbons (Fsp3) is 0.250. The first-order valence-electron chi connectivity index (χ1n) is 7.68. The molecule has 0 aromatic carbocycles. The van der Waals surface area contributed by atoms with Crippen LogP contribution in [-0.4, -0.2) is 25.4 Å². The highest BCUT2D eigenvalue weighted by Crippen LogP contribution is 2.39. The zero-order valence-electron chi connectivity index (χ0n) is 12.8. The van der Waals surface area contributed by atoms with E-state index in [4.69, 9.17) is 10.5 Å². The summed E-state index contributed by atoms with van der Waals surface area (Å²) in [6.07, 6.45) is 7.14. The summed E-state index contributed by atoms with van der Waals surface area (Å²) >= 11 is 0. The van der Waals surface area contributed by atoms with Gasteiger partial charge in [0, 0.05) is 18.5 Å². The summed E-state index contributed by atoms with van der Waals surface area (Å²) in [6, 6.07) is 5.49. The third-order valence-electron chi connectivity index (χ3n) is 3.85. The standard InChI is InChI=1S/C16H16N6O2/c17-13-5-15(20-9-19-13)24-16(23)18-6-12-8-22-7-11(10-1-2-10)3-4-14(22)21-12/h3-5,7-10H,1-2,6H2,(H,18,23)(H2,17,19,20). The predicted molar refractivity (Wildman–Crippen MR) is 86.5 cm³/mol. The second-order valence-electron chi connectivity index (χ2n) is 5.76. The van der Waals surface area contributed by atoms with Crippen molar-refractivity contribution >= 4 is 17.6 Å². The van der Waals surface area contributed by atoms with Crippen LogP contribution in [0.25, 0.3) is 5.65 Å². The van der Waals surface area contributed by atoms with Gasteiger partial charge in [-0.25, -0.2) is 19.7 Å². The Hall–Kier alpha value is -3.16. The van der Waals surface area contributed by atoms with Crippen LogP contribution >= 0.6 is 0 Å². The molecule has 8 nitrogen and oxygen atoms in total. The number of amides is 1. The van der Waals surface area contributed by atoms with Gasteiger partial charge in [-0.05, 0) is 30.4 Å². The minimum atomic E-state index is -0.621. The Morgan fingerprint density at radius 3 is 3.00 bits per heavy atom. The first-order chi connectivity index (χ1) is 11.7. The van der Waals surface area contributed by atoms with E-state index >= 15 is 0 Å². The van der Waals surface area contributed by atoms with Crippen molar-refractivity contribution in [1.29, 1.82) is 0 Å². The molecule has 3 heterocycles.